The van der Waals surface area contributed by atoms with Crippen molar-refractivity contribution < 1.29 is 4.42 Å². The van der Waals surface area contributed by atoms with Gasteiger partial charge in [0.2, 0.25) is 0 Å². The Morgan fingerprint density at radius 1 is 0.270 bits per heavy atom. The molecule has 0 unspecified atom stereocenters. The molecule has 14 rings (SSSR count). The van der Waals surface area contributed by atoms with Gasteiger partial charge in [0, 0.05) is 32.7 Å². The van der Waals surface area contributed by atoms with Crippen molar-refractivity contribution in [2.24, 2.45) is 0 Å². The summed E-state index contributed by atoms with van der Waals surface area (Å²) in [6.07, 6.45) is 0. The van der Waals surface area contributed by atoms with Gasteiger partial charge < -0.3 is 4.42 Å². The van der Waals surface area contributed by atoms with Crippen LogP contribution < -0.4 is 0 Å². The Hall–Kier alpha value is -8.40. The summed E-state index contributed by atoms with van der Waals surface area (Å²) < 4.78 is 6.34. The first-order chi connectivity index (χ1) is 31.2. The summed E-state index contributed by atoms with van der Waals surface area (Å²) in [5.41, 5.74) is 10.5. The highest BCUT2D eigenvalue weighted by Gasteiger charge is 2.19. The molecule has 0 fully saturated rings. The Morgan fingerprint density at radius 3 is 1.40 bits per heavy atom. The quantitative estimate of drug-likeness (QED) is 0.167. The molecule has 12 aromatic carbocycles. The molecule has 3 heteroatoms. The predicted octanol–water partition coefficient (Wildman–Crippen LogP) is 16.6. The van der Waals surface area contributed by atoms with Crippen LogP contribution in [0.25, 0.3) is 142 Å². The van der Waals surface area contributed by atoms with E-state index in [0.29, 0.717) is 5.82 Å². The maximum atomic E-state index is 6.34. The molecule has 2 heterocycles. The minimum absolute atomic E-state index is 0.711. The topological polar surface area (TPSA) is 38.9 Å². The number of hydrogen-bond donors (Lipinski definition) is 0. The SMILES string of the molecule is c1ccc(-c2nc(-c3cccc(-c4ccc5c6ccccc6c6ccc(-c7ccc8c(c7)c7cccc9oc%10cccc8c%10c97)cc6c5c4)c3)nc3c2ccc2ccccc23)cc1. The Kier molecular flexibility index (Phi) is 7.11. The highest BCUT2D eigenvalue weighted by atomic mass is 16.3. The zero-order chi connectivity index (χ0) is 41.2. The first kappa shape index (κ1) is 34.3. The van der Waals surface area contributed by atoms with E-state index in [4.69, 9.17) is 14.4 Å². The molecule has 0 N–H and O–H groups in total. The largest absolute Gasteiger partial charge is 0.456 e. The lowest BCUT2D eigenvalue weighted by atomic mass is 9.89. The molecular formula is C60H34N2O. The van der Waals surface area contributed by atoms with Gasteiger partial charge in [-0.3, -0.25) is 0 Å². The van der Waals surface area contributed by atoms with Crippen LogP contribution in [0.4, 0.5) is 0 Å². The fraction of sp³-hybridized carbons (Fsp3) is 0. The van der Waals surface area contributed by atoms with Crippen molar-refractivity contribution in [2.75, 3.05) is 0 Å². The summed E-state index contributed by atoms with van der Waals surface area (Å²) in [4.78, 5) is 10.6. The van der Waals surface area contributed by atoms with Crippen molar-refractivity contribution in [3.05, 3.63) is 206 Å². The molecule has 0 radical (unpaired) electrons. The molecule has 2 aromatic heterocycles. The number of furan rings is 1. The molecule has 0 bridgehead atoms. The van der Waals surface area contributed by atoms with Gasteiger partial charge in [0.25, 0.3) is 0 Å². The fourth-order valence-electron chi connectivity index (χ4n) is 10.5. The molecule has 3 nitrogen and oxygen atoms in total. The molecule has 0 aliphatic carbocycles. The van der Waals surface area contributed by atoms with Gasteiger partial charge >= 0.3 is 0 Å². The van der Waals surface area contributed by atoms with E-state index >= 15 is 0 Å². The standard InChI is InChI=1S/C60H34N2O/c1-2-12-36(13-3-1)58-50-30-23-35-11-4-5-16-42(35)59(50)62-60(61-58)41-15-8-14-37(31-41)38-24-27-45-43-17-6-7-18-44(43)46-28-25-40(34-53(46)52(45)33-38)39-26-29-47-48-19-9-21-54-56(48)57-49(51(47)32-39)20-10-22-55(57)63-54/h1-34H. The number of rotatable bonds is 4. The maximum absolute atomic E-state index is 6.34. The van der Waals surface area contributed by atoms with Gasteiger partial charge in [-0.15, -0.1) is 0 Å². The monoisotopic (exact) mass is 798 g/mol. The molecule has 0 amide bonds. The average molecular weight is 799 g/mol. The summed E-state index contributed by atoms with van der Waals surface area (Å²) in [6, 6.07) is 74.6. The van der Waals surface area contributed by atoms with Crippen LogP contribution in [0.3, 0.4) is 0 Å². The highest BCUT2D eigenvalue weighted by molar-refractivity contribution is 6.33. The Morgan fingerprint density at radius 2 is 0.730 bits per heavy atom. The van der Waals surface area contributed by atoms with E-state index in [0.717, 1.165) is 60.8 Å². The number of aromatic nitrogens is 2. The van der Waals surface area contributed by atoms with Crippen LogP contribution in [0.2, 0.25) is 0 Å². The van der Waals surface area contributed by atoms with Gasteiger partial charge in [-0.25, -0.2) is 9.97 Å². The predicted molar refractivity (Wildman–Crippen MR) is 265 cm³/mol. The smallest absolute Gasteiger partial charge is 0.160 e. The lowest BCUT2D eigenvalue weighted by Gasteiger charge is -2.15. The molecule has 0 aliphatic rings. The van der Waals surface area contributed by atoms with Crippen LogP contribution in [-0.2, 0) is 0 Å². The second-order valence-corrected chi connectivity index (χ2v) is 16.8. The molecule has 0 saturated carbocycles. The van der Waals surface area contributed by atoms with Crippen LogP contribution >= 0.6 is 0 Å². The van der Waals surface area contributed by atoms with Crippen LogP contribution in [0.1, 0.15) is 0 Å². The van der Waals surface area contributed by atoms with Crippen molar-refractivity contribution in [3.8, 4) is 44.9 Å². The summed E-state index contributed by atoms with van der Waals surface area (Å²) >= 11 is 0. The van der Waals surface area contributed by atoms with E-state index in [2.05, 4.69) is 200 Å². The van der Waals surface area contributed by atoms with Gasteiger partial charge in [-0.2, -0.15) is 0 Å². The summed E-state index contributed by atoms with van der Waals surface area (Å²) in [5.74, 6) is 0.711. The number of benzene rings is 12. The van der Waals surface area contributed by atoms with Crippen LogP contribution in [0, 0.1) is 0 Å². The Balaban J connectivity index is 0.951. The lowest BCUT2D eigenvalue weighted by molar-refractivity contribution is 0.669. The Labute approximate surface area is 361 Å². The minimum Gasteiger partial charge on any atom is -0.456 e. The summed E-state index contributed by atoms with van der Waals surface area (Å²) in [7, 11) is 0. The zero-order valence-electron chi connectivity index (χ0n) is 33.9. The molecule has 63 heavy (non-hydrogen) atoms. The van der Waals surface area contributed by atoms with E-state index in [9.17, 15) is 0 Å². The van der Waals surface area contributed by atoms with E-state index < -0.39 is 0 Å². The molecule has 14 aromatic rings. The first-order valence-corrected chi connectivity index (χ1v) is 21.6. The third-order valence-corrected chi connectivity index (χ3v) is 13.4. The number of fused-ring (bicyclic) bond motifs is 12. The number of hydrogen-bond acceptors (Lipinski definition) is 3. The van der Waals surface area contributed by atoms with Crippen molar-refractivity contribution in [3.63, 3.8) is 0 Å². The molecule has 0 atom stereocenters. The minimum atomic E-state index is 0.711. The lowest BCUT2D eigenvalue weighted by Crippen LogP contribution is -1.96. The van der Waals surface area contributed by atoms with Crippen LogP contribution in [0.5, 0.6) is 0 Å². The molecule has 0 spiro atoms. The third-order valence-electron chi connectivity index (χ3n) is 13.4. The Bertz CT molecular complexity index is 4200. The van der Waals surface area contributed by atoms with Crippen molar-refractivity contribution in [1.82, 2.24) is 9.97 Å². The van der Waals surface area contributed by atoms with Gasteiger partial charge in [-0.1, -0.05) is 164 Å². The second-order valence-electron chi connectivity index (χ2n) is 16.8. The zero-order valence-corrected chi connectivity index (χ0v) is 33.9. The van der Waals surface area contributed by atoms with E-state index in [1.807, 2.05) is 6.07 Å². The van der Waals surface area contributed by atoms with Gasteiger partial charge in [0.05, 0.1) is 11.2 Å². The van der Waals surface area contributed by atoms with Gasteiger partial charge in [0.15, 0.2) is 5.82 Å². The van der Waals surface area contributed by atoms with E-state index in [1.165, 1.54) is 75.8 Å². The molecule has 0 aliphatic heterocycles. The van der Waals surface area contributed by atoms with E-state index in [-0.39, 0.29) is 0 Å². The van der Waals surface area contributed by atoms with E-state index in [1.54, 1.807) is 0 Å². The van der Waals surface area contributed by atoms with Crippen molar-refractivity contribution >= 4 is 97.5 Å². The third kappa shape index (κ3) is 5.08. The summed E-state index contributed by atoms with van der Waals surface area (Å²) in [5, 5.41) is 18.2. The van der Waals surface area contributed by atoms with Crippen LogP contribution in [0.15, 0.2) is 211 Å². The molecular weight excluding hydrogens is 765 g/mol. The maximum Gasteiger partial charge on any atom is 0.160 e. The summed E-state index contributed by atoms with van der Waals surface area (Å²) in [6.45, 7) is 0. The second kappa shape index (κ2) is 13.1. The first-order valence-electron chi connectivity index (χ1n) is 21.6. The van der Waals surface area contributed by atoms with Gasteiger partial charge in [-0.05, 0) is 124 Å². The highest BCUT2D eigenvalue weighted by Crippen LogP contribution is 2.45. The average Bonchev–Trinajstić information content (AvgIpc) is 3.75. The number of nitrogens with zero attached hydrogens (tertiary/aromatic N) is 2. The normalized spacial score (nSPS) is 12.1. The molecule has 0 saturated heterocycles. The van der Waals surface area contributed by atoms with Gasteiger partial charge in [0.1, 0.15) is 11.2 Å². The fourth-order valence-corrected chi connectivity index (χ4v) is 10.5. The van der Waals surface area contributed by atoms with Crippen molar-refractivity contribution in [1.29, 1.82) is 0 Å². The molecule has 290 valence electrons. The van der Waals surface area contributed by atoms with Crippen LogP contribution in [-0.4, -0.2) is 9.97 Å². The van der Waals surface area contributed by atoms with Crippen molar-refractivity contribution in [2.45, 2.75) is 0 Å².